The maximum Gasteiger partial charge on any atom is 0.164 e. The fourth-order valence-electron chi connectivity index (χ4n) is 2.08. The van der Waals surface area contributed by atoms with E-state index in [9.17, 15) is 4.39 Å². The van der Waals surface area contributed by atoms with Crippen molar-refractivity contribution >= 4 is 24.8 Å². The summed E-state index contributed by atoms with van der Waals surface area (Å²) in [5, 5.41) is 3.25. The molecule has 1 N–H and O–H groups in total. The molecule has 2 heterocycles. The number of hydrogen-bond acceptors (Lipinski definition) is 3. The number of rotatable bonds is 0. The fourth-order valence-corrected chi connectivity index (χ4v) is 2.08. The maximum absolute atomic E-state index is 12.9. The molecule has 3 rings (SSSR count). The van der Waals surface area contributed by atoms with E-state index in [2.05, 4.69) is 5.32 Å². The average Bonchev–Trinajstić information content (AvgIpc) is 2.67. The second-order valence-corrected chi connectivity index (χ2v) is 4.09. The van der Waals surface area contributed by atoms with Gasteiger partial charge < -0.3 is 14.8 Å². The lowest BCUT2D eigenvalue weighted by Crippen LogP contribution is -2.46. The first-order chi connectivity index (χ1) is 7.27. The third-order valence-electron chi connectivity index (χ3n) is 2.93. The molecule has 1 fully saturated rings. The summed E-state index contributed by atoms with van der Waals surface area (Å²) in [5.41, 5.74) is -0.245. The van der Waals surface area contributed by atoms with Gasteiger partial charge in [-0.3, -0.25) is 0 Å². The van der Waals surface area contributed by atoms with Crippen molar-refractivity contribution in [3.63, 3.8) is 0 Å². The Labute approximate surface area is 111 Å². The molecular formula is C11H14Cl2FNO2. The Kier molecular flexibility index (Phi) is 4.47. The quantitative estimate of drug-likeness (QED) is 0.791. The molecule has 1 unspecified atom stereocenters. The third-order valence-corrected chi connectivity index (χ3v) is 2.93. The smallest absolute Gasteiger partial charge is 0.164 e. The van der Waals surface area contributed by atoms with Gasteiger partial charge in [-0.2, -0.15) is 0 Å². The molecule has 0 saturated carbocycles. The first kappa shape index (κ1) is 14.4. The van der Waals surface area contributed by atoms with E-state index in [1.54, 1.807) is 6.07 Å². The van der Waals surface area contributed by atoms with E-state index in [1.807, 2.05) is 0 Å². The van der Waals surface area contributed by atoms with Crippen molar-refractivity contribution in [2.75, 3.05) is 19.7 Å². The predicted octanol–water partition coefficient (Wildman–Crippen LogP) is 2.17. The van der Waals surface area contributed by atoms with E-state index in [0.717, 1.165) is 19.5 Å². The monoisotopic (exact) mass is 281 g/mol. The molecular weight excluding hydrogens is 268 g/mol. The van der Waals surface area contributed by atoms with Crippen molar-refractivity contribution in [1.29, 1.82) is 0 Å². The Morgan fingerprint density at radius 3 is 2.76 bits per heavy atom. The van der Waals surface area contributed by atoms with Gasteiger partial charge in [0.2, 0.25) is 0 Å². The van der Waals surface area contributed by atoms with Crippen LogP contribution in [0, 0.1) is 5.82 Å². The van der Waals surface area contributed by atoms with Crippen LogP contribution in [0.4, 0.5) is 4.39 Å². The van der Waals surface area contributed by atoms with Gasteiger partial charge in [-0.15, -0.1) is 24.8 Å². The third kappa shape index (κ3) is 2.59. The summed E-state index contributed by atoms with van der Waals surface area (Å²) in [6, 6.07) is 4.39. The highest BCUT2D eigenvalue weighted by Crippen LogP contribution is 2.37. The van der Waals surface area contributed by atoms with Gasteiger partial charge in [0.25, 0.3) is 0 Å². The van der Waals surface area contributed by atoms with Gasteiger partial charge in [0, 0.05) is 19.0 Å². The van der Waals surface area contributed by atoms with Crippen molar-refractivity contribution in [2.24, 2.45) is 0 Å². The summed E-state index contributed by atoms with van der Waals surface area (Å²) in [6.07, 6.45) is 0.934. The Bertz CT molecular complexity index is 397. The van der Waals surface area contributed by atoms with Gasteiger partial charge in [-0.1, -0.05) is 0 Å². The van der Waals surface area contributed by atoms with E-state index in [-0.39, 0.29) is 36.2 Å². The zero-order valence-electron chi connectivity index (χ0n) is 9.07. The van der Waals surface area contributed by atoms with E-state index < -0.39 is 0 Å². The van der Waals surface area contributed by atoms with Crippen LogP contribution in [0.25, 0.3) is 0 Å². The van der Waals surface area contributed by atoms with Crippen LogP contribution in [-0.2, 0) is 0 Å². The molecule has 6 heteroatoms. The lowest BCUT2D eigenvalue weighted by Gasteiger charge is -2.34. The van der Waals surface area contributed by atoms with E-state index >= 15 is 0 Å². The van der Waals surface area contributed by atoms with Crippen molar-refractivity contribution in [1.82, 2.24) is 5.32 Å². The van der Waals surface area contributed by atoms with Crippen LogP contribution >= 0.6 is 24.8 Å². The van der Waals surface area contributed by atoms with Crippen LogP contribution in [0.1, 0.15) is 6.42 Å². The van der Waals surface area contributed by atoms with Crippen molar-refractivity contribution in [3.05, 3.63) is 24.0 Å². The minimum Gasteiger partial charge on any atom is -0.485 e. The molecule has 2 aliphatic heterocycles. The van der Waals surface area contributed by atoms with Gasteiger partial charge >= 0.3 is 0 Å². The van der Waals surface area contributed by atoms with Crippen molar-refractivity contribution in [2.45, 2.75) is 12.0 Å². The molecule has 0 aliphatic carbocycles. The molecule has 2 aliphatic rings. The van der Waals surface area contributed by atoms with Crippen LogP contribution < -0.4 is 14.8 Å². The van der Waals surface area contributed by atoms with Gasteiger partial charge in [-0.05, 0) is 18.7 Å². The Hall–Kier alpha value is -0.710. The summed E-state index contributed by atoms with van der Waals surface area (Å²) in [4.78, 5) is 0. The number of nitrogens with one attached hydrogen (secondary N) is 1. The van der Waals surface area contributed by atoms with Crippen LogP contribution in [-0.4, -0.2) is 25.3 Å². The Morgan fingerprint density at radius 1 is 1.24 bits per heavy atom. The molecule has 1 atom stereocenters. The van der Waals surface area contributed by atoms with E-state index in [4.69, 9.17) is 9.47 Å². The van der Waals surface area contributed by atoms with Crippen molar-refractivity contribution < 1.29 is 13.9 Å². The largest absolute Gasteiger partial charge is 0.485 e. The molecule has 3 nitrogen and oxygen atoms in total. The summed E-state index contributed by atoms with van der Waals surface area (Å²) < 4.78 is 24.3. The number of halogens is 3. The highest BCUT2D eigenvalue weighted by atomic mass is 35.5. The molecule has 96 valence electrons. The predicted molar refractivity (Wildman–Crippen MR) is 67.2 cm³/mol. The molecule has 0 bridgehead atoms. The molecule has 0 radical (unpaired) electrons. The fraction of sp³-hybridized carbons (Fsp3) is 0.455. The van der Waals surface area contributed by atoms with Gasteiger partial charge in [0.1, 0.15) is 12.4 Å². The molecule has 0 aromatic heterocycles. The van der Waals surface area contributed by atoms with Gasteiger partial charge in [0.05, 0.1) is 0 Å². The number of hydrogen-bond donors (Lipinski definition) is 1. The highest BCUT2D eigenvalue weighted by molar-refractivity contribution is 5.85. The first-order valence-electron chi connectivity index (χ1n) is 5.10. The van der Waals surface area contributed by atoms with Crippen LogP contribution in [0.15, 0.2) is 18.2 Å². The molecule has 1 spiro atoms. The second kappa shape index (κ2) is 5.29. The summed E-state index contributed by atoms with van der Waals surface area (Å²) in [6.45, 7) is 2.24. The van der Waals surface area contributed by atoms with Crippen LogP contribution in [0.5, 0.6) is 11.5 Å². The number of benzene rings is 1. The summed E-state index contributed by atoms with van der Waals surface area (Å²) in [5.74, 6) is 0.858. The lowest BCUT2D eigenvalue weighted by molar-refractivity contribution is 0.00718. The zero-order chi connectivity index (χ0) is 10.3. The average molecular weight is 282 g/mol. The minimum atomic E-state index is -0.294. The molecule has 0 amide bonds. The van der Waals surface area contributed by atoms with E-state index in [1.165, 1.54) is 12.1 Å². The van der Waals surface area contributed by atoms with Crippen molar-refractivity contribution in [3.8, 4) is 11.5 Å². The Morgan fingerprint density at radius 2 is 2.06 bits per heavy atom. The molecule has 1 aromatic carbocycles. The molecule has 1 saturated heterocycles. The van der Waals surface area contributed by atoms with Crippen LogP contribution in [0.3, 0.4) is 0 Å². The number of fused-ring (bicyclic) bond motifs is 1. The Balaban J connectivity index is 0.000000722. The van der Waals surface area contributed by atoms with Crippen LogP contribution in [0.2, 0.25) is 0 Å². The molecule has 17 heavy (non-hydrogen) atoms. The highest BCUT2D eigenvalue weighted by Gasteiger charge is 2.40. The second-order valence-electron chi connectivity index (χ2n) is 4.09. The van der Waals surface area contributed by atoms with E-state index in [0.29, 0.717) is 18.1 Å². The molecule has 1 aromatic rings. The van der Waals surface area contributed by atoms with Gasteiger partial charge in [0.15, 0.2) is 17.1 Å². The summed E-state index contributed by atoms with van der Waals surface area (Å²) in [7, 11) is 0. The minimum absolute atomic E-state index is 0. The maximum atomic E-state index is 12.9. The zero-order valence-corrected chi connectivity index (χ0v) is 10.7. The lowest BCUT2D eigenvalue weighted by atomic mass is 10.0. The normalized spacial score (nSPS) is 25.0. The van der Waals surface area contributed by atoms with Gasteiger partial charge in [-0.25, -0.2) is 4.39 Å². The standard InChI is InChI=1S/C11H12FNO2.2ClH/c12-8-1-2-9-10(5-8)14-7-11(15-9)3-4-13-6-11;;/h1-2,5,13H,3-4,6-7H2;2*1H. The number of ether oxygens (including phenoxy) is 2. The topological polar surface area (TPSA) is 30.5 Å². The SMILES string of the molecule is Cl.Cl.Fc1ccc2c(c1)OCC1(CCNC1)O2. The summed E-state index contributed by atoms with van der Waals surface area (Å²) >= 11 is 0. The first-order valence-corrected chi connectivity index (χ1v) is 5.10.